The maximum absolute atomic E-state index is 14.7. The number of ether oxygens (including phenoxy) is 4. The van der Waals surface area contributed by atoms with Crippen molar-refractivity contribution in [1.82, 2.24) is 5.32 Å². The predicted molar refractivity (Wildman–Crippen MR) is 70.4 cm³/mol. The van der Waals surface area contributed by atoms with Gasteiger partial charge in [-0.2, -0.15) is 0 Å². The largest absolute Gasteiger partial charge is 0.463 e. The molecule has 1 amide bonds. The fourth-order valence-corrected chi connectivity index (χ4v) is 2.14. The van der Waals surface area contributed by atoms with Crippen LogP contribution in [0, 0.1) is 0 Å². The second-order valence-electron chi connectivity index (χ2n) is 4.83. The Kier molecular flexibility index (Phi) is 6.69. The Morgan fingerprint density at radius 3 is 2.27 bits per heavy atom. The number of carbonyl (C=O) groups is 3. The molecule has 5 atom stereocenters. The zero-order valence-electron chi connectivity index (χ0n) is 12.8. The van der Waals surface area contributed by atoms with E-state index in [9.17, 15) is 18.8 Å². The van der Waals surface area contributed by atoms with Gasteiger partial charge in [-0.15, -0.1) is 0 Å². The van der Waals surface area contributed by atoms with Crippen LogP contribution in [0.1, 0.15) is 20.8 Å². The van der Waals surface area contributed by atoms with Crippen LogP contribution in [0.25, 0.3) is 0 Å². The van der Waals surface area contributed by atoms with Gasteiger partial charge < -0.3 is 24.3 Å². The van der Waals surface area contributed by atoms with Gasteiger partial charge in [-0.3, -0.25) is 14.4 Å². The molecule has 0 spiro atoms. The topological polar surface area (TPSA) is 100 Å². The predicted octanol–water partition coefficient (Wildman–Crippen LogP) is -0.305. The van der Waals surface area contributed by atoms with Gasteiger partial charge in [-0.1, -0.05) is 0 Å². The van der Waals surface area contributed by atoms with Gasteiger partial charge in [0.25, 0.3) is 0 Å². The van der Waals surface area contributed by atoms with E-state index < -0.39 is 48.6 Å². The van der Waals surface area contributed by atoms with E-state index in [4.69, 9.17) is 18.9 Å². The van der Waals surface area contributed by atoms with E-state index >= 15 is 0 Å². The van der Waals surface area contributed by atoms with E-state index in [1.165, 1.54) is 21.0 Å². The van der Waals surface area contributed by atoms with Crippen LogP contribution in [-0.2, 0) is 33.3 Å². The number of methoxy groups -OCH3 is 1. The summed E-state index contributed by atoms with van der Waals surface area (Å²) in [6.45, 7) is 3.21. The molecule has 0 bridgehead atoms. The summed E-state index contributed by atoms with van der Waals surface area (Å²) in [5.41, 5.74) is 0. The quantitative estimate of drug-likeness (QED) is 0.694. The van der Waals surface area contributed by atoms with Crippen LogP contribution in [0.15, 0.2) is 0 Å². The number of rotatable bonds is 5. The zero-order chi connectivity index (χ0) is 16.9. The molecule has 0 saturated carbocycles. The van der Waals surface area contributed by atoms with Crippen molar-refractivity contribution in [2.45, 2.75) is 51.5 Å². The summed E-state index contributed by atoms with van der Waals surface area (Å²) in [5, 5.41) is 2.36. The molecule has 9 heteroatoms. The highest BCUT2D eigenvalue weighted by Gasteiger charge is 2.49. The maximum atomic E-state index is 14.7. The first-order valence-corrected chi connectivity index (χ1v) is 6.66. The third kappa shape index (κ3) is 4.92. The van der Waals surface area contributed by atoms with E-state index in [0.717, 1.165) is 6.92 Å². The van der Waals surface area contributed by atoms with E-state index in [-0.39, 0.29) is 6.61 Å². The molecule has 126 valence electrons. The molecular formula is C13H20FNO7. The van der Waals surface area contributed by atoms with Crippen LogP contribution in [0.4, 0.5) is 4.39 Å². The minimum Gasteiger partial charge on any atom is -0.463 e. The normalized spacial score (nSPS) is 31.2. The summed E-state index contributed by atoms with van der Waals surface area (Å²) in [5.74, 6) is -1.79. The van der Waals surface area contributed by atoms with Crippen LogP contribution >= 0.6 is 0 Å². The molecule has 1 heterocycles. The summed E-state index contributed by atoms with van der Waals surface area (Å²) < 4.78 is 34.8. The van der Waals surface area contributed by atoms with Gasteiger partial charge in [0.2, 0.25) is 5.91 Å². The molecule has 0 aromatic carbocycles. The third-order valence-electron chi connectivity index (χ3n) is 2.98. The molecule has 1 aliphatic heterocycles. The number of halogens is 1. The molecule has 0 radical (unpaired) electrons. The Morgan fingerprint density at radius 2 is 1.82 bits per heavy atom. The molecule has 22 heavy (non-hydrogen) atoms. The summed E-state index contributed by atoms with van der Waals surface area (Å²) >= 11 is 0. The second-order valence-corrected chi connectivity index (χ2v) is 4.83. The molecule has 0 aromatic rings. The van der Waals surface area contributed by atoms with Crippen LogP contribution in [0.5, 0.6) is 0 Å². The number of amides is 1. The third-order valence-corrected chi connectivity index (χ3v) is 2.98. The highest BCUT2D eigenvalue weighted by Crippen LogP contribution is 2.27. The van der Waals surface area contributed by atoms with Crippen molar-refractivity contribution >= 4 is 17.8 Å². The Morgan fingerprint density at radius 1 is 1.18 bits per heavy atom. The molecule has 1 fully saturated rings. The molecule has 1 aliphatic rings. The van der Waals surface area contributed by atoms with Gasteiger partial charge >= 0.3 is 11.9 Å². The highest BCUT2D eigenvalue weighted by atomic mass is 19.1. The van der Waals surface area contributed by atoms with Gasteiger partial charge in [0, 0.05) is 27.9 Å². The van der Waals surface area contributed by atoms with Crippen molar-refractivity contribution in [3.8, 4) is 0 Å². The first-order valence-electron chi connectivity index (χ1n) is 6.66. The van der Waals surface area contributed by atoms with Crippen molar-refractivity contribution in [2.75, 3.05) is 13.7 Å². The standard InChI is InChI=1S/C13H20FNO7/c1-6(16)15-11-10(14)12(21-8(3)18)9(5-20-7(2)17)22-13(11)19-4/h9-13H,5H2,1-4H3,(H,15,16)/t9-,10-,11+,12-,13?/m1/s1. The number of alkyl halides is 1. The van der Waals surface area contributed by atoms with Gasteiger partial charge in [-0.25, -0.2) is 4.39 Å². The van der Waals surface area contributed by atoms with E-state index in [1.54, 1.807) is 0 Å². The number of hydrogen-bond acceptors (Lipinski definition) is 7. The van der Waals surface area contributed by atoms with E-state index in [0.29, 0.717) is 0 Å². The Hall–Kier alpha value is -1.74. The van der Waals surface area contributed by atoms with Crippen LogP contribution in [0.2, 0.25) is 0 Å². The number of nitrogens with one attached hydrogen (secondary N) is 1. The number of esters is 2. The highest BCUT2D eigenvalue weighted by molar-refractivity contribution is 5.73. The second kappa shape index (κ2) is 8.04. The van der Waals surface area contributed by atoms with Crippen LogP contribution in [0.3, 0.4) is 0 Å². The van der Waals surface area contributed by atoms with Crippen molar-refractivity contribution in [1.29, 1.82) is 0 Å². The van der Waals surface area contributed by atoms with Crippen LogP contribution in [-0.4, -0.2) is 62.3 Å². The lowest BCUT2D eigenvalue weighted by atomic mass is 9.98. The lowest BCUT2D eigenvalue weighted by Gasteiger charge is -2.42. The maximum Gasteiger partial charge on any atom is 0.303 e. The van der Waals surface area contributed by atoms with Gasteiger partial charge in [0.15, 0.2) is 18.6 Å². The summed E-state index contributed by atoms with van der Waals surface area (Å²) in [4.78, 5) is 33.2. The molecule has 1 saturated heterocycles. The summed E-state index contributed by atoms with van der Waals surface area (Å²) in [6, 6.07) is -1.15. The van der Waals surface area contributed by atoms with Gasteiger partial charge in [-0.05, 0) is 0 Å². The van der Waals surface area contributed by atoms with E-state index in [1.807, 2.05) is 0 Å². The average molecular weight is 321 g/mol. The average Bonchev–Trinajstić information content (AvgIpc) is 2.41. The fourth-order valence-electron chi connectivity index (χ4n) is 2.14. The molecule has 0 aliphatic carbocycles. The fraction of sp³-hybridized carbons (Fsp3) is 0.769. The first-order chi connectivity index (χ1) is 10.3. The molecule has 0 aromatic heterocycles. The summed E-state index contributed by atoms with van der Waals surface area (Å²) in [6.07, 6.45) is -5.27. The Balaban J connectivity index is 2.94. The SMILES string of the molecule is COC1O[C@H](COC(C)=O)[C@@H](OC(C)=O)[C@H](F)[C@@H]1NC(C)=O. The summed E-state index contributed by atoms with van der Waals surface area (Å²) in [7, 11) is 1.28. The minimum absolute atomic E-state index is 0.305. The zero-order valence-corrected chi connectivity index (χ0v) is 12.8. The van der Waals surface area contributed by atoms with Crippen molar-refractivity contribution in [2.24, 2.45) is 0 Å². The molecule has 1 rings (SSSR count). The van der Waals surface area contributed by atoms with Crippen molar-refractivity contribution in [3.05, 3.63) is 0 Å². The lowest BCUT2D eigenvalue weighted by Crippen LogP contribution is -2.64. The first kappa shape index (κ1) is 18.3. The monoisotopic (exact) mass is 321 g/mol. The van der Waals surface area contributed by atoms with Crippen LogP contribution < -0.4 is 5.32 Å². The van der Waals surface area contributed by atoms with Gasteiger partial charge in [0.1, 0.15) is 18.8 Å². The smallest absolute Gasteiger partial charge is 0.303 e. The lowest BCUT2D eigenvalue weighted by molar-refractivity contribution is -0.258. The molecule has 8 nitrogen and oxygen atoms in total. The van der Waals surface area contributed by atoms with Gasteiger partial charge in [0.05, 0.1) is 0 Å². The number of carbonyl (C=O) groups excluding carboxylic acids is 3. The minimum atomic E-state index is -1.79. The number of hydrogen-bond donors (Lipinski definition) is 1. The Bertz CT molecular complexity index is 429. The molecule has 1 N–H and O–H groups in total. The Labute approximate surface area is 127 Å². The van der Waals surface area contributed by atoms with E-state index in [2.05, 4.69) is 5.32 Å². The molecular weight excluding hydrogens is 301 g/mol. The van der Waals surface area contributed by atoms with Crippen molar-refractivity contribution in [3.63, 3.8) is 0 Å². The van der Waals surface area contributed by atoms with Crippen molar-refractivity contribution < 1.29 is 37.7 Å². The molecule has 1 unspecified atom stereocenters.